The topological polar surface area (TPSA) is 78.5 Å². The number of benzene rings is 2. The Morgan fingerprint density at radius 1 is 1.20 bits per heavy atom. The summed E-state index contributed by atoms with van der Waals surface area (Å²) in [6, 6.07) is 15.5. The molecule has 0 unspecified atom stereocenters. The second kappa shape index (κ2) is 8.92. The van der Waals surface area contributed by atoms with E-state index in [0.717, 1.165) is 34.6 Å². The van der Waals surface area contributed by atoms with Crippen LogP contribution in [0.1, 0.15) is 24.0 Å². The number of nitrogens with one attached hydrogen (secondary N) is 2. The van der Waals surface area contributed by atoms with Gasteiger partial charge in [-0.2, -0.15) is 0 Å². The molecule has 0 radical (unpaired) electrons. The molecule has 0 bridgehead atoms. The van der Waals surface area contributed by atoms with E-state index in [1.807, 2.05) is 55.5 Å². The molecule has 2 atom stereocenters. The molecule has 0 aliphatic carbocycles. The van der Waals surface area contributed by atoms with Gasteiger partial charge in [0.1, 0.15) is 0 Å². The SMILES string of the molecule is Cc1cccc(CNC(=O)[C@@H]2CCCN(C(=O)[C@@H]3Sc4ccccc4NC3=O)C2)c1. The monoisotopic (exact) mass is 423 g/mol. The number of likely N-dealkylation sites (tertiary alicyclic amines) is 1. The Bertz CT molecular complexity index is 978. The van der Waals surface area contributed by atoms with Crippen molar-refractivity contribution in [2.24, 2.45) is 5.92 Å². The molecule has 0 saturated carbocycles. The number of fused-ring (bicyclic) bond motifs is 1. The van der Waals surface area contributed by atoms with Gasteiger partial charge in [0, 0.05) is 24.5 Å². The highest BCUT2D eigenvalue weighted by atomic mass is 32.2. The molecule has 30 heavy (non-hydrogen) atoms. The van der Waals surface area contributed by atoms with Crippen molar-refractivity contribution in [3.05, 3.63) is 59.7 Å². The normalized spacial score (nSPS) is 20.8. The molecule has 2 aliphatic rings. The van der Waals surface area contributed by atoms with E-state index >= 15 is 0 Å². The molecule has 2 aromatic carbocycles. The van der Waals surface area contributed by atoms with Gasteiger partial charge in [0.2, 0.25) is 17.7 Å². The largest absolute Gasteiger partial charge is 0.352 e. The number of anilines is 1. The third-order valence-corrected chi connectivity index (χ3v) is 6.77. The average molecular weight is 424 g/mol. The number of aryl methyl sites for hydroxylation is 1. The minimum atomic E-state index is -0.811. The van der Waals surface area contributed by atoms with Crippen molar-refractivity contribution in [2.75, 3.05) is 18.4 Å². The highest BCUT2D eigenvalue weighted by molar-refractivity contribution is 8.01. The number of hydrogen-bond acceptors (Lipinski definition) is 4. The van der Waals surface area contributed by atoms with Gasteiger partial charge in [-0.25, -0.2) is 0 Å². The Kier molecular flexibility index (Phi) is 6.08. The van der Waals surface area contributed by atoms with Gasteiger partial charge in [-0.1, -0.05) is 42.0 Å². The fraction of sp³-hybridized carbons (Fsp3) is 0.348. The second-order valence-corrected chi connectivity index (χ2v) is 8.96. The summed E-state index contributed by atoms with van der Waals surface area (Å²) in [4.78, 5) is 40.8. The van der Waals surface area contributed by atoms with Crippen molar-refractivity contribution < 1.29 is 14.4 Å². The molecule has 2 aromatic rings. The van der Waals surface area contributed by atoms with Gasteiger partial charge in [-0.3, -0.25) is 14.4 Å². The molecule has 3 amide bonds. The van der Waals surface area contributed by atoms with Crippen LogP contribution in [0.25, 0.3) is 0 Å². The van der Waals surface area contributed by atoms with Crippen LogP contribution in [-0.2, 0) is 20.9 Å². The Labute approximate surface area is 180 Å². The number of para-hydroxylation sites is 1. The number of thioether (sulfide) groups is 1. The summed E-state index contributed by atoms with van der Waals surface area (Å²) in [5.74, 6) is -0.811. The Balaban J connectivity index is 1.37. The Hall–Kier alpha value is -2.80. The van der Waals surface area contributed by atoms with Crippen molar-refractivity contribution in [2.45, 2.75) is 36.5 Å². The fourth-order valence-electron chi connectivity index (χ4n) is 3.93. The molecule has 0 aromatic heterocycles. The van der Waals surface area contributed by atoms with Gasteiger partial charge in [0.25, 0.3) is 0 Å². The molecule has 2 heterocycles. The van der Waals surface area contributed by atoms with Crippen LogP contribution in [0.4, 0.5) is 5.69 Å². The molecule has 2 aliphatic heterocycles. The lowest BCUT2D eigenvalue weighted by Crippen LogP contribution is -2.50. The number of piperidine rings is 1. The summed E-state index contributed by atoms with van der Waals surface area (Å²) in [5, 5.41) is 5.00. The van der Waals surface area contributed by atoms with E-state index in [9.17, 15) is 14.4 Å². The maximum absolute atomic E-state index is 13.1. The van der Waals surface area contributed by atoms with E-state index in [0.29, 0.717) is 19.6 Å². The van der Waals surface area contributed by atoms with Crippen LogP contribution < -0.4 is 10.6 Å². The van der Waals surface area contributed by atoms with Crippen LogP contribution in [-0.4, -0.2) is 41.0 Å². The van der Waals surface area contributed by atoms with E-state index in [4.69, 9.17) is 0 Å². The van der Waals surface area contributed by atoms with Gasteiger partial charge >= 0.3 is 0 Å². The van der Waals surface area contributed by atoms with Crippen LogP contribution in [0.15, 0.2) is 53.4 Å². The van der Waals surface area contributed by atoms with Gasteiger partial charge in [-0.05, 0) is 37.5 Å². The molecule has 156 valence electrons. The van der Waals surface area contributed by atoms with Crippen molar-refractivity contribution in [1.82, 2.24) is 10.2 Å². The number of carbonyl (C=O) groups is 3. The van der Waals surface area contributed by atoms with Crippen molar-refractivity contribution >= 4 is 35.2 Å². The standard InChI is InChI=1S/C23H25N3O3S/c1-15-6-4-7-16(12-15)13-24-21(27)17-8-5-11-26(14-17)23(29)20-22(28)25-18-9-2-3-10-19(18)30-20/h2-4,6-7,9-10,12,17,20H,5,8,11,13-14H2,1H3,(H,24,27)(H,25,28)/t17-,20-/m1/s1. The van der Waals surface area contributed by atoms with E-state index in [1.54, 1.807) is 4.90 Å². The number of hydrogen-bond donors (Lipinski definition) is 2. The minimum Gasteiger partial charge on any atom is -0.352 e. The van der Waals surface area contributed by atoms with Crippen LogP contribution in [0.5, 0.6) is 0 Å². The summed E-state index contributed by atoms with van der Waals surface area (Å²) >= 11 is 1.28. The van der Waals surface area contributed by atoms with Crippen molar-refractivity contribution in [3.8, 4) is 0 Å². The maximum atomic E-state index is 13.1. The lowest BCUT2D eigenvalue weighted by atomic mass is 9.96. The van der Waals surface area contributed by atoms with Gasteiger partial charge in [0.05, 0.1) is 11.6 Å². The summed E-state index contributed by atoms with van der Waals surface area (Å²) < 4.78 is 0. The quantitative estimate of drug-likeness (QED) is 0.741. The number of rotatable bonds is 4. The average Bonchev–Trinajstić information content (AvgIpc) is 2.76. The minimum absolute atomic E-state index is 0.0416. The summed E-state index contributed by atoms with van der Waals surface area (Å²) in [6.45, 7) is 3.42. The Morgan fingerprint density at radius 3 is 2.87 bits per heavy atom. The molecule has 1 fully saturated rings. The first-order valence-corrected chi connectivity index (χ1v) is 11.1. The van der Waals surface area contributed by atoms with Gasteiger partial charge in [0.15, 0.2) is 5.25 Å². The zero-order valence-corrected chi connectivity index (χ0v) is 17.7. The van der Waals surface area contributed by atoms with Crippen LogP contribution in [0, 0.1) is 12.8 Å². The predicted molar refractivity (Wildman–Crippen MR) is 117 cm³/mol. The zero-order valence-electron chi connectivity index (χ0n) is 16.9. The molecule has 0 spiro atoms. The van der Waals surface area contributed by atoms with Crippen LogP contribution in [0.3, 0.4) is 0 Å². The number of amides is 3. The van der Waals surface area contributed by atoms with E-state index in [-0.39, 0.29) is 23.6 Å². The molecular weight excluding hydrogens is 398 g/mol. The molecule has 2 N–H and O–H groups in total. The highest BCUT2D eigenvalue weighted by Gasteiger charge is 2.38. The fourth-order valence-corrected chi connectivity index (χ4v) is 5.00. The van der Waals surface area contributed by atoms with Crippen LogP contribution in [0.2, 0.25) is 0 Å². The first kappa shape index (κ1) is 20.5. The first-order valence-electron chi connectivity index (χ1n) is 10.2. The van der Waals surface area contributed by atoms with Gasteiger partial charge in [-0.15, -0.1) is 11.8 Å². The van der Waals surface area contributed by atoms with Gasteiger partial charge < -0.3 is 15.5 Å². The summed E-state index contributed by atoms with van der Waals surface area (Å²) in [5.41, 5.74) is 2.95. The third-order valence-electron chi connectivity index (χ3n) is 5.51. The first-order chi connectivity index (χ1) is 14.5. The van der Waals surface area contributed by atoms with Crippen LogP contribution >= 0.6 is 11.8 Å². The van der Waals surface area contributed by atoms with E-state index in [1.165, 1.54) is 11.8 Å². The number of carbonyl (C=O) groups excluding carboxylic acids is 3. The molecule has 6 nitrogen and oxygen atoms in total. The highest BCUT2D eigenvalue weighted by Crippen LogP contribution is 2.36. The lowest BCUT2D eigenvalue weighted by molar-refractivity contribution is -0.137. The van der Waals surface area contributed by atoms with E-state index in [2.05, 4.69) is 10.6 Å². The van der Waals surface area contributed by atoms with Crippen molar-refractivity contribution in [1.29, 1.82) is 0 Å². The van der Waals surface area contributed by atoms with E-state index < -0.39 is 5.25 Å². The maximum Gasteiger partial charge on any atom is 0.247 e. The molecule has 7 heteroatoms. The zero-order chi connectivity index (χ0) is 21.1. The Morgan fingerprint density at radius 2 is 2.03 bits per heavy atom. The lowest BCUT2D eigenvalue weighted by Gasteiger charge is -2.35. The third kappa shape index (κ3) is 4.51. The second-order valence-electron chi connectivity index (χ2n) is 7.81. The molecule has 1 saturated heterocycles. The summed E-state index contributed by atoms with van der Waals surface area (Å²) in [7, 11) is 0. The van der Waals surface area contributed by atoms with Crippen molar-refractivity contribution in [3.63, 3.8) is 0 Å². The number of nitrogens with zero attached hydrogens (tertiary/aromatic N) is 1. The molecule has 4 rings (SSSR count). The summed E-state index contributed by atoms with van der Waals surface area (Å²) in [6.07, 6.45) is 1.50. The predicted octanol–water partition coefficient (Wildman–Crippen LogP) is 2.96. The smallest absolute Gasteiger partial charge is 0.247 e. The molecular formula is C23H25N3O3S.